The van der Waals surface area contributed by atoms with Crippen molar-refractivity contribution in [3.8, 4) is 5.75 Å². The van der Waals surface area contributed by atoms with Crippen LogP contribution in [0.3, 0.4) is 0 Å². The Morgan fingerprint density at radius 1 is 1.10 bits per heavy atom. The van der Waals surface area contributed by atoms with Crippen LogP contribution in [-0.2, 0) is 19.6 Å². The lowest BCUT2D eigenvalue weighted by molar-refractivity contribution is -0.0504. The summed E-state index contributed by atoms with van der Waals surface area (Å²) in [4.78, 5) is 6.46. The fraction of sp³-hybridized carbons (Fsp3) is 0.409. The van der Waals surface area contributed by atoms with Gasteiger partial charge in [0.15, 0.2) is 5.96 Å². The molecule has 0 radical (unpaired) electrons. The molecule has 0 spiro atoms. The van der Waals surface area contributed by atoms with E-state index >= 15 is 0 Å². The summed E-state index contributed by atoms with van der Waals surface area (Å²) in [5, 5.41) is 6.42. The maximum absolute atomic E-state index is 12.6. The lowest BCUT2D eigenvalue weighted by Gasteiger charge is -2.16. The Kier molecular flexibility index (Phi) is 8.86. The Hall–Kier alpha value is -2.67. The number of nitrogens with one attached hydrogen (secondary N) is 2. The molecule has 2 rings (SSSR count). The Morgan fingerprint density at radius 3 is 2.52 bits per heavy atom. The zero-order chi connectivity index (χ0) is 21.2. The van der Waals surface area contributed by atoms with Crippen molar-refractivity contribution in [2.45, 2.75) is 40.1 Å². The molecule has 7 heteroatoms. The van der Waals surface area contributed by atoms with Gasteiger partial charge in [0, 0.05) is 32.2 Å². The van der Waals surface area contributed by atoms with E-state index in [1.807, 2.05) is 19.1 Å². The molecule has 0 amide bonds. The van der Waals surface area contributed by atoms with Gasteiger partial charge in [0.1, 0.15) is 5.75 Å². The molecule has 158 valence electrons. The number of ether oxygens (including phenoxy) is 1. The Balaban J connectivity index is 1.95. The van der Waals surface area contributed by atoms with Gasteiger partial charge in [-0.2, -0.15) is 8.78 Å². The monoisotopic (exact) mass is 404 g/mol. The van der Waals surface area contributed by atoms with Crippen molar-refractivity contribution in [1.29, 1.82) is 0 Å². The highest BCUT2D eigenvalue weighted by Crippen LogP contribution is 2.22. The van der Waals surface area contributed by atoms with Crippen LogP contribution in [0.25, 0.3) is 0 Å². The van der Waals surface area contributed by atoms with Gasteiger partial charge in [-0.1, -0.05) is 48.9 Å². The molecule has 0 aliphatic rings. The van der Waals surface area contributed by atoms with Gasteiger partial charge in [-0.3, -0.25) is 4.99 Å². The third-order valence-electron chi connectivity index (χ3n) is 4.55. The standard InChI is InChI=1S/C22H30F2N4O/c1-5-28(4)15-18-8-6-7-17(12-18)13-26-22(25-3)27-14-19-11-16(2)9-10-20(19)29-21(23)24/h6-12,21H,5,13-15H2,1-4H3,(H2,25,26,27). The molecule has 0 atom stereocenters. The van der Waals surface area contributed by atoms with Crippen LogP contribution in [0.4, 0.5) is 8.78 Å². The van der Waals surface area contributed by atoms with E-state index in [-0.39, 0.29) is 5.75 Å². The van der Waals surface area contributed by atoms with E-state index in [4.69, 9.17) is 0 Å². The Morgan fingerprint density at radius 2 is 1.83 bits per heavy atom. The second-order valence-electron chi connectivity index (χ2n) is 6.92. The first kappa shape index (κ1) is 22.6. The number of aliphatic imine (C=N–C) groups is 1. The fourth-order valence-corrected chi connectivity index (χ4v) is 2.90. The number of hydrogen-bond donors (Lipinski definition) is 2. The first-order valence-electron chi connectivity index (χ1n) is 9.66. The second kappa shape index (κ2) is 11.4. The molecule has 0 saturated heterocycles. The minimum atomic E-state index is -2.85. The maximum atomic E-state index is 12.6. The number of nitrogens with zero attached hydrogens (tertiary/aromatic N) is 2. The number of benzene rings is 2. The molecular weight excluding hydrogens is 374 g/mol. The van der Waals surface area contributed by atoms with Crippen LogP contribution in [0.2, 0.25) is 0 Å². The molecule has 0 aliphatic heterocycles. The van der Waals surface area contributed by atoms with Crippen molar-refractivity contribution in [2.75, 3.05) is 20.6 Å². The molecule has 5 nitrogen and oxygen atoms in total. The lowest BCUT2D eigenvalue weighted by Crippen LogP contribution is -2.36. The summed E-state index contributed by atoms with van der Waals surface area (Å²) in [7, 11) is 3.77. The number of alkyl halides is 2. The van der Waals surface area contributed by atoms with Crippen LogP contribution in [0.1, 0.15) is 29.2 Å². The van der Waals surface area contributed by atoms with Gasteiger partial charge < -0.3 is 20.3 Å². The number of rotatable bonds is 9. The topological polar surface area (TPSA) is 48.9 Å². The zero-order valence-electron chi connectivity index (χ0n) is 17.5. The second-order valence-corrected chi connectivity index (χ2v) is 6.92. The summed E-state index contributed by atoms with van der Waals surface area (Å²) in [6, 6.07) is 13.5. The van der Waals surface area contributed by atoms with E-state index in [2.05, 4.69) is 57.4 Å². The fourth-order valence-electron chi connectivity index (χ4n) is 2.90. The summed E-state index contributed by atoms with van der Waals surface area (Å²) in [6.45, 7) is 4.02. The average molecular weight is 405 g/mol. The van der Waals surface area contributed by atoms with Crippen molar-refractivity contribution in [3.05, 3.63) is 64.7 Å². The SMILES string of the molecule is CCN(C)Cc1cccc(CNC(=NC)NCc2cc(C)ccc2OC(F)F)c1. The third-order valence-corrected chi connectivity index (χ3v) is 4.55. The summed E-state index contributed by atoms with van der Waals surface area (Å²) < 4.78 is 29.9. The molecule has 2 aromatic carbocycles. The minimum Gasteiger partial charge on any atom is -0.434 e. The van der Waals surface area contributed by atoms with Crippen LogP contribution >= 0.6 is 0 Å². The highest BCUT2D eigenvalue weighted by molar-refractivity contribution is 5.79. The van der Waals surface area contributed by atoms with Crippen molar-refractivity contribution >= 4 is 5.96 Å². The average Bonchev–Trinajstić information content (AvgIpc) is 2.69. The largest absolute Gasteiger partial charge is 0.434 e. The predicted molar refractivity (Wildman–Crippen MR) is 113 cm³/mol. The molecule has 2 aromatic rings. The van der Waals surface area contributed by atoms with Gasteiger partial charge in [-0.15, -0.1) is 0 Å². The van der Waals surface area contributed by atoms with Gasteiger partial charge in [0.05, 0.1) is 0 Å². The van der Waals surface area contributed by atoms with Gasteiger partial charge in [0.2, 0.25) is 0 Å². The first-order valence-corrected chi connectivity index (χ1v) is 9.66. The van der Waals surface area contributed by atoms with E-state index in [9.17, 15) is 8.78 Å². The molecule has 0 saturated carbocycles. The van der Waals surface area contributed by atoms with E-state index in [0.717, 1.165) is 24.2 Å². The Bertz CT molecular complexity index is 811. The number of guanidine groups is 1. The van der Waals surface area contributed by atoms with Crippen molar-refractivity contribution in [2.24, 2.45) is 4.99 Å². The summed E-state index contributed by atoms with van der Waals surface area (Å²) in [5.41, 5.74) is 4.02. The van der Waals surface area contributed by atoms with Gasteiger partial charge in [-0.05, 0) is 37.7 Å². The van der Waals surface area contributed by atoms with Crippen molar-refractivity contribution in [3.63, 3.8) is 0 Å². The van der Waals surface area contributed by atoms with Crippen LogP contribution in [-0.4, -0.2) is 38.1 Å². The van der Waals surface area contributed by atoms with E-state index in [1.54, 1.807) is 19.2 Å². The van der Waals surface area contributed by atoms with Crippen molar-refractivity contribution in [1.82, 2.24) is 15.5 Å². The zero-order valence-corrected chi connectivity index (χ0v) is 17.5. The highest BCUT2D eigenvalue weighted by Gasteiger charge is 2.10. The number of hydrogen-bond acceptors (Lipinski definition) is 3. The molecule has 2 N–H and O–H groups in total. The molecule has 0 bridgehead atoms. The minimum absolute atomic E-state index is 0.168. The summed E-state index contributed by atoms with van der Waals surface area (Å²) in [5.74, 6) is 0.756. The summed E-state index contributed by atoms with van der Waals surface area (Å²) >= 11 is 0. The molecule has 0 aromatic heterocycles. The molecule has 0 aliphatic carbocycles. The van der Waals surface area contributed by atoms with Crippen molar-refractivity contribution < 1.29 is 13.5 Å². The van der Waals surface area contributed by atoms with E-state index in [0.29, 0.717) is 24.6 Å². The normalized spacial score (nSPS) is 11.8. The maximum Gasteiger partial charge on any atom is 0.387 e. The Labute approximate surface area is 171 Å². The van der Waals surface area contributed by atoms with Crippen LogP contribution in [0.5, 0.6) is 5.75 Å². The third kappa shape index (κ3) is 7.69. The predicted octanol–water partition coefficient (Wildman–Crippen LogP) is 3.91. The van der Waals surface area contributed by atoms with Gasteiger partial charge in [-0.25, -0.2) is 0 Å². The molecule has 0 unspecified atom stereocenters. The molecule has 0 fully saturated rings. The van der Waals surface area contributed by atoms with Crippen LogP contribution in [0, 0.1) is 6.92 Å². The number of aryl methyl sites for hydroxylation is 1. The quantitative estimate of drug-likeness (QED) is 0.491. The molecular formula is C22H30F2N4O. The van der Waals surface area contributed by atoms with Crippen LogP contribution in [0.15, 0.2) is 47.5 Å². The van der Waals surface area contributed by atoms with Gasteiger partial charge >= 0.3 is 6.61 Å². The summed E-state index contributed by atoms with van der Waals surface area (Å²) in [6.07, 6.45) is 0. The number of halogens is 2. The molecule has 0 heterocycles. The van der Waals surface area contributed by atoms with E-state index < -0.39 is 6.61 Å². The van der Waals surface area contributed by atoms with Gasteiger partial charge in [0.25, 0.3) is 0 Å². The molecule has 29 heavy (non-hydrogen) atoms. The smallest absolute Gasteiger partial charge is 0.387 e. The lowest BCUT2D eigenvalue weighted by atomic mass is 10.1. The van der Waals surface area contributed by atoms with E-state index in [1.165, 1.54) is 5.56 Å². The highest BCUT2D eigenvalue weighted by atomic mass is 19.3. The van der Waals surface area contributed by atoms with Crippen LogP contribution < -0.4 is 15.4 Å². The first-order chi connectivity index (χ1) is 13.9.